The lowest BCUT2D eigenvalue weighted by atomic mass is 10.1. The van der Waals surface area contributed by atoms with Gasteiger partial charge in [0.15, 0.2) is 0 Å². The highest BCUT2D eigenvalue weighted by Gasteiger charge is 2.47. The summed E-state index contributed by atoms with van der Waals surface area (Å²) < 4.78 is 61.4. The van der Waals surface area contributed by atoms with Crippen LogP contribution in [0.1, 0.15) is 12.5 Å². The topological polar surface area (TPSA) is 87.7 Å². The minimum Gasteiger partial charge on any atom is -0.308 e. The Hall–Kier alpha value is -3.18. The number of urea groups is 1. The summed E-state index contributed by atoms with van der Waals surface area (Å²) in [5, 5.41) is 1.06. The molecular formula is C21H15ClF3N3O4S. The molecule has 1 saturated heterocycles. The van der Waals surface area contributed by atoms with Crippen LogP contribution in [0.5, 0.6) is 0 Å². The number of sulfone groups is 1. The molecule has 1 atom stereocenters. The van der Waals surface area contributed by atoms with E-state index in [2.05, 4.69) is 4.98 Å². The van der Waals surface area contributed by atoms with Crippen molar-refractivity contribution in [2.24, 2.45) is 0 Å². The van der Waals surface area contributed by atoms with E-state index < -0.39 is 38.2 Å². The first kappa shape index (κ1) is 23.0. The van der Waals surface area contributed by atoms with Gasteiger partial charge in [0.05, 0.1) is 21.1 Å². The molecular weight excluding hydrogens is 483 g/mol. The third-order valence-electron chi connectivity index (χ3n) is 5.33. The van der Waals surface area contributed by atoms with E-state index in [1.165, 1.54) is 11.8 Å². The van der Waals surface area contributed by atoms with Gasteiger partial charge in [0.1, 0.15) is 6.04 Å². The lowest BCUT2D eigenvalue weighted by Crippen LogP contribution is -2.33. The van der Waals surface area contributed by atoms with Gasteiger partial charge < -0.3 is 4.90 Å². The van der Waals surface area contributed by atoms with Crippen LogP contribution in [0.25, 0.3) is 10.9 Å². The van der Waals surface area contributed by atoms with Gasteiger partial charge in [0.2, 0.25) is 0 Å². The number of alkyl halides is 3. The van der Waals surface area contributed by atoms with Gasteiger partial charge in [-0.2, -0.15) is 13.2 Å². The van der Waals surface area contributed by atoms with E-state index in [9.17, 15) is 31.2 Å². The van der Waals surface area contributed by atoms with Gasteiger partial charge in [-0.25, -0.2) is 18.1 Å². The number of hydrogen-bond acceptors (Lipinski definition) is 5. The Bertz CT molecular complexity index is 1370. The molecule has 7 nitrogen and oxygen atoms in total. The number of fused-ring (bicyclic) bond motifs is 1. The molecule has 1 aromatic heterocycles. The van der Waals surface area contributed by atoms with Gasteiger partial charge in [0, 0.05) is 18.1 Å². The maximum atomic E-state index is 13.1. The average molecular weight is 498 g/mol. The van der Waals surface area contributed by atoms with Gasteiger partial charge in [-0.1, -0.05) is 17.7 Å². The lowest BCUT2D eigenvalue weighted by Gasteiger charge is -2.20. The fourth-order valence-electron chi connectivity index (χ4n) is 3.60. The van der Waals surface area contributed by atoms with Crippen LogP contribution < -0.4 is 4.90 Å². The molecule has 3 amide bonds. The van der Waals surface area contributed by atoms with Crippen molar-refractivity contribution in [2.45, 2.75) is 29.9 Å². The van der Waals surface area contributed by atoms with Crippen LogP contribution in [-0.2, 0) is 21.2 Å². The monoisotopic (exact) mass is 497 g/mol. The molecule has 33 heavy (non-hydrogen) atoms. The summed E-state index contributed by atoms with van der Waals surface area (Å²) in [5.41, 5.74) is -4.23. The van der Waals surface area contributed by atoms with Crippen LogP contribution in [0.3, 0.4) is 0 Å². The molecule has 172 valence electrons. The summed E-state index contributed by atoms with van der Waals surface area (Å²) in [5.74, 6) is -0.601. The number of pyridine rings is 1. The molecule has 1 aliphatic rings. The summed E-state index contributed by atoms with van der Waals surface area (Å²) in [6.07, 6.45) is 1.55. The van der Waals surface area contributed by atoms with E-state index in [1.54, 1.807) is 30.5 Å². The fraction of sp³-hybridized carbons (Fsp3) is 0.190. The number of aromatic nitrogens is 1. The lowest BCUT2D eigenvalue weighted by molar-refractivity contribution is -0.119. The molecule has 0 spiro atoms. The standard InChI is InChI=1S/C21H15ClF3N3O4S/c1-12-19(29)28(14-5-7-15(8-6-14)33(31,32)21(23,24)25)20(30)27(12)11-13-9-10-26-17-4-2-3-16(22)18(13)17/h2-10,12H,11H2,1H3. The number of halogens is 4. The predicted octanol–water partition coefficient (Wildman–Crippen LogP) is 4.54. The van der Waals surface area contributed by atoms with Crippen LogP contribution in [0, 0.1) is 0 Å². The quantitative estimate of drug-likeness (QED) is 0.494. The van der Waals surface area contributed by atoms with E-state index in [1.807, 2.05) is 0 Å². The number of nitrogens with zero attached hydrogens (tertiary/aromatic N) is 3. The number of carbonyl (C=O) groups excluding carboxylic acids is 2. The zero-order chi connectivity index (χ0) is 24.1. The summed E-state index contributed by atoms with van der Waals surface area (Å²) in [4.78, 5) is 31.2. The third kappa shape index (κ3) is 3.80. The number of anilines is 1. The van der Waals surface area contributed by atoms with Crippen molar-refractivity contribution in [1.29, 1.82) is 0 Å². The molecule has 12 heteroatoms. The maximum Gasteiger partial charge on any atom is 0.501 e. The molecule has 0 N–H and O–H groups in total. The Kier molecular flexibility index (Phi) is 5.57. The van der Waals surface area contributed by atoms with Crippen molar-refractivity contribution < 1.29 is 31.2 Å². The summed E-state index contributed by atoms with van der Waals surface area (Å²) in [7, 11) is -5.55. The second-order valence-electron chi connectivity index (χ2n) is 7.31. The first-order valence-electron chi connectivity index (χ1n) is 9.51. The van der Waals surface area contributed by atoms with Crippen molar-refractivity contribution >= 4 is 50.0 Å². The molecule has 1 unspecified atom stereocenters. The van der Waals surface area contributed by atoms with Gasteiger partial charge in [0.25, 0.3) is 15.7 Å². The van der Waals surface area contributed by atoms with Crippen molar-refractivity contribution in [3.05, 3.63) is 65.3 Å². The van der Waals surface area contributed by atoms with E-state index in [4.69, 9.17) is 11.6 Å². The van der Waals surface area contributed by atoms with Gasteiger partial charge in [-0.05, 0) is 55.0 Å². The fourth-order valence-corrected chi connectivity index (χ4v) is 4.66. The smallest absolute Gasteiger partial charge is 0.308 e. The van der Waals surface area contributed by atoms with Gasteiger partial charge in [-0.15, -0.1) is 0 Å². The highest BCUT2D eigenvalue weighted by Crippen LogP contribution is 2.33. The van der Waals surface area contributed by atoms with E-state index >= 15 is 0 Å². The number of amides is 3. The zero-order valence-corrected chi connectivity index (χ0v) is 18.4. The predicted molar refractivity (Wildman–Crippen MR) is 114 cm³/mol. The first-order valence-corrected chi connectivity index (χ1v) is 11.4. The van der Waals surface area contributed by atoms with E-state index in [0.717, 1.165) is 17.0 Å². The Morgan fingerprint density at radius 3 is 2.36 bits per heavy atom. The molecule has 4 rings (SSSR count). The SMILES string of the molecule is CC1C(=O)N(c2ccc(S(=O)(=O)C(F)(F)F)cc2)C(=O)N1Cc1ccnc2cccc(Cl)c12. The molecule has 0 radical (unpaired) electrons. The number of benzene rings is 2. The van der Waals surface area contributed by atoms with Crippen molar-refractivity contribution in [3.8, 4) is 0 Å². The molecule has 2 heterocycles. The summed E-state index contributed by atoms with van der Waals surface area (Å²) >= 11 is 6.31. The van der Waals surface area contributed by atoms with Crippen molar-refractivity contribution in [2.75, 3.05) is 4.90 Å². The highest BCUT2D eigenvalue weighted by atomic mass is 35.5. The summed E-state index contributed by atoms with van der Waals surface area (Å²) in [6, 6.07) is 8.68. The second-order valence-corrected chi connectivity index (χ2v) is 9.66. The Morgan fingerprint density at radius 2 is 1.73 bits per heavy atom. The minimum atomic E-state index is -5.55. The number of carbonyl (C=O) groups is 2. The number of hydrogen-bond donors (Lipinski definition) is 0. The molecule has 0 bridgehead atoms. The molecule has 2 aromatic carbocycles. The largest absolute Gasteiger partial charge is 0.501 e. The Labute approximate surface area is 191 Å². The Balaban J connectivity index is 1.65. The maximum absolute atomic E-state index is 13.1. The van der Waals surface area contributed by atoms with Crippen LogP contribution in [0.4, 0.5) is 23.7 Å². The van der Waals surface area contributed by atoms with Crippen LogP contribution >= 0.6 is 11.6 Å². The van der Waals surface area contributed by atoms with Gasteiger partial charge >= 0.3 is 11.5 Å². The first-order chi connectivity index (χ1) is 15.4. The normalized spacial score (nSPS) is 17.3. The third-order valence-corrected chi connectivity index (χ3v) is 7.15. The molecule has 1 fully saturated rings. The molecule has 1 aliphatic heterocycles. The van der Waals surface area contributed by atoms with Crippen molar-refractivity contribution in [1.82, 2.24) is 9.88 Å². The van der Waals surface area contributed by atoms with Crippen LogP contribution in [-0.4, -0.2) is 41.8 Å². The molecule has 0 saturated carbocycles. The van der Waals surface area contributed by atoms with E-state index in [0.29, 0.717) is 33.6 Å². The van der Waals surface area contributed by atoms with E-state index in [-0.39, 0.29) is 12.2 Å². The average Bonchev–Trinajstić information content (AvgIpc) is 2.96. The zero-order valence-electron chi connectivity index (χ0n) is 16.9. The number of imide groups is 1. The van der Waals surface area contributed by atoms with Crippen LogP contribution in [0.15, 0.2) is 59.6 Å². The Morgan fingerprint density at radius 1 is 1.06 bits per heavy atom. The second kappa shape index (κ2) is 7.99. The molecule has 3 aromatic rings. The number of rotatable bonds is 4. The highest BCUT2D eigenvalue weighted by molar-refractivity contribution is 7.92. The van der Waals surface area contributed by atoms with Crippen LogP contribution in [0.2, 0.25) is 5.02 Å². The van der Waals surface area contributed by atoms with Crippen molar-refractivity contribution in [3.63, 3.8) is 0 Å². The summed E-state index contributed by atoms with van der Waals surface area (Å²) in [6.45, 7) is 1.55. The van der Waals surface area contributed by atoms with Gasteiger partial charge in [-0.3, -0.25) is 9.78 Å². The minimum absolute atomic E-state index is 0.0333. The molecule has 0 aliphatic carbocycles.